The van der Waals surface area contributed by atoms with Gasteiger partial charge < -0.3 is 4.90 Å². The lowest BCUT2D eigenvalue weighted by Crippen LogP contribution is -2.46. The average molecular weight is 329 g/mol. The summed E-state index contributed by atoms with van der Waals surface area (Å²) in [6.45, 7) is 9.22. The zero-order chi connectivity index (χ0) is 15.8. The highest BCUT2D eigenvalue weighted by Crippen LogP contribution is 2.28. The zero-order valence-corrected chi connectivity index (χ0v) is 14.7. The minimum atomic E-state index is 0.861. The van der Waals surface area contributed by atoms with Crippen LogP contribution in [0.3, 0.4) is 0 Å². The van der Waals surface area contributed by atoms with Gasteiger partial charge in [-0.2, -0.15) is 0 Å². The minimum absolute atomic E-state index is 0.861. The molecular weight excluding hydrogens is 306 g/mol. The Kier molecular flexibility index (Phi) is 4.03. The average Bonchev–Trinajstić information content (AvgIpc) is 3.08. The normalized spacial score (nSPS) is 18.4. The molecule has 0 aromatic carbocycles. The fraction of sp³-hybridized carbons (Fsp3) is 0.588. The lowest BCUT2D eigenvalue weighted by molar-refractivity contribution is 0.249. The van der Waals surface area contributed by atoms with Gasteiger partial charge in [0.25, 0.3) is 0 Å². The maximum Gasteiger partial charge on any atom is 0.132 e. The highest BCUT2D eigenvalue weighted by Gasteiger charge is 2.22. The monoisotopic (exact) mass is 329 g/mol. The van der Waals surface area contributed by atoms with E-state index in [1.54, 1.807) is 0 Å². The first-order chi connectivity index (χ1) is 11.2. The number of fused-ring (bicyclic) bond motifs is 1. The van der Waals surface area contributed by atoms with Crippen molar-refractivity contribution in [3.8, 4) is 0 Å². The molecule has 4 rings (SSSR count). The minimum Gasteiger partial charge on any atom is -0.354 e. The van der Waals surface area contributed by atoms with Crippen molar-refractivity contribution in [1.82, 2.24) is 19.9 Å². The van der Waals surface area contributed by atoms with Crippen molar-refractivity contribution in [2.75, 3.05) is 31.1 Å². The number of hydrogen-bond donors (Lipinski definition) is 0. The van der Waals surface area contributed by atoms with E-state index < -0.39 is 0 Å². The summed E-state index contributed by atoms with van der Waals surface area (Å²) in [7, 11) is 0. The van der Waals surface area contributed by atoms with Crippen molar-refractivity contribution >= 4 is 17.2 Å². The maximum absolute atomic E-state index is 4.83. The van der Waals surface area contributed by atoms with E-state index in [4.69, 9.17) is 4.98 Å². The van der Waals surface area contributed by atoms with Crippen molar-refractivity contribution < 1.29 is 0 Å². The lowest BCUT2D eigenvalue weighted by Gasteiger charge is -2.35. The van der Waals surface area contributed by atoms with Crippen LogP contribution in [0, 0.1) is 13.8 Å². The van der Waals surface area contributed by atoms with Crippen LogP contribution in [0.25, 0.3) is 0 Å². The van der Waals surface area contributed by atoms with Crippen LogP contribution in [0.2, 0.25) is 0 Å². The zero-order valence-electron chi connectivity index (χ0n) is 13.9. The van der Waals surface area contributed by atoms with Gasteiger partial charge in [-0.05, 0) is 33.1 Å². The molecule has 2 aliphatic rings. The van der Waals surface area contributed by atoms with Gasteiger partial charge >= 0.3 is 0 Å². The maximum atomic E-state index is 4.83. The van der Waals surface area contributed by atoms with E-state index in [1.165, 1.54) is 34.8 Å². The number of hydrogen-bond acceptors (Lipinski definition) is 6. The molecule has 1 fully saturated rings. The standard InChI is InChI=1S/C17H23N5S/c1-12-10-16(19-13(2)18-12)22-8-6-21(7-9-22)11-17-20-14-4-3-5-15(14)23-17/h10H,3-9,11H2,1-2H3. The number of aryl methyl sites for hydroxylation is 4. The highest BCUT2D eigenvalue weighted by atomic mass is 32.1. The van der Waals surface area contributed by atoms with Crippen LogP contribution in [0.4, 0.5) is 5.82 Å². The van der Waals surface area contributed by atoms with Gasteiger partial charge in [-0.3, -0.25) is 4.90 Å². The predicted octanol–water partition coefficient (Wildman–Crippen LogP) is 2.36. The lowest BCUT2D eigenvalue weighted by atomic mass is 10.3. The predicted molar refractivity (Wildman–Crippen MR) is 93.1 cm³/mol. The van der Waals surface area contributed by atoms with Crippen LogP contribution in [0.1, 0.15) is 33.5 Å². The van der Waals surface area contributed by atoms with E-state index in [1.807, 2.05) is 25.2 Å². The third-order valence-corrected chi connectivity index (χ3v) is 5.79. The van der Waals surface area contributed by atoms with Crippen LogP contribution in [0.15, 0.2) is 6.07 Å². The Bertz CT molecular complexity index is 661. The number of nitrogens with zero attached hydrogens (tertiary/aromatic N) is 5. The molecule has 5 nitrogen and oxygen atoms in total. The summed E-state index contributed by atoms with van der Waals surface area (Å²) in [5.74, 6) is 1.93. The summed E-state index contributed by atoms with van der Waals surface area (Å²) in [4.78, 5) is 20.2. The molecule has 0 spiro atoms. The van der Waals surface area contributed by atoms with Crippen molar-refractivity contribution in [3.63, 3.8) is 0 Å². The summed E-state index contributed by atoms with van der Waals surface area (Å²) in [6.07, 6.45) is 3.73. The Morgan fingerprint density at radius 2 is 1.87 bits per heavy atom. The SMILES string of the molecule is Cc1cc(N2CCN(Cc3nc4c(s3)CCC4)CC2)nc(C)n1. The van der Waals surface area contributed by atoms with Gasteiger partial charge in [0.05, 0.1) is 12.2 Å². The molecule has 2 aromatic heterocycles. The second kappa shape index (κ2) is 6.17. The number of piperazine rings is 1. The molecule has 0 N–H and O–H groups in total. The molecule has 1 aliphatic heterocycles. The van der Waals surface area contributed by atoms with Crippen LogP contribution >= 0.6 is 11.3 Å². The Hall–Kier alpha value is -1.53. The van der Waals surface area contributed by atoms with Crippen molar-refractivity contribution in [1.29, 1.82) is 0 Å². The van der Waals surface area contributed by atoms with Crippen LogP contribution in [0.5, 0.6) is 0 Å². The van der Waals surface area contributed by atoms with Gasteiger partial charge in [-0.1, -0.05) is 0 Å². The quantitative estimate of drug-likeness (QED) is 0.865. The molecule has 0 atom stereocenters. The molecule has 0 amide bonds. The number of rotatable bonds is 3. The number of anilines is 1. The van der Waals surface area contributed by atoms with Crippen LogP contribution < -0.4 is 4.90 Å². The fourth-order valence-electron chi connectivity index (χ4n) is 3.50. The molecule has 23 heavy (non-hydrogen) atoms. The van der Waals surface area contributed by atoms with E-state index in [9.17, 15) is 0 Å². The van der Waals surface area contributed by atoms with Crippen molar-refractivity contribution in [2.24, 2.45) is 0 Å². The van der Waals surface area contributed by atoms with E-state index in [-0.39, 0.29) is 0 Å². The smallest absolute Gasteiger partial charge is 0.132 e. The molecule has 2 aromatic rings. The van der Waals surface area contributed by atoms with Crippen LogP contribution in [-0.4, -0.2) is 46.0 Å². The fourth-order valence-corrected chi connectivity index (χ4v) is 4.70. The molecule has 0 saturated carbocycles. The number of aromatic nitrogens is 3. The van der Waals surface area contributed by atoms with E-state index in [2.05, 4.69) is 25.8 Å². The highest BCUT2D eigenvalue weighted by molar-refractivity contribution is 7.11. The van der Waals surface area contributed by atoms with Gasteiger partial charge in [-0.15, -0.1) is 11.3 Å². The Morgan fingerprint density at radius 1 is 1.04 bits per heavy atom. The molecule has 0 bridgehead atoms. The third-order valence-electron chi connectivity index (χ3n) is 4.65. The van der Waals surface area contributed by atoms with Gasteiger partial charge in [-0.25, -0.2) is 15.0 Å². The molecule has 1 saturated heterocycles. The second-order valence-corrected chi connectivity index (χ2v) is 7.68. The Balaban J connectivity index is 1.36. The van der Waals surface area contributed by atoms with E-state index >= 15 is 0 Å². The first-order valence-electron chi connectivity index (χ1n) is 8.44. The molecule has 0 unspecified atom stereocenters. The van der Waals surface area contributed by atoms with Crippen molar-refractivity contribution in [3.05, 3.63) is 33.2 Å². The summed E-state index contributed by atoms with van der Waals surface area (Å²) in [5.41, 5.74) is 2.42. The molecule has 1 aliphatic carbocycles. The first kappa shape index (κ1) is 15.0. The van der Waals surface area contributed by atoms with Crippen molar-refractivity contribution in [2.45, 2.75) is 39.7 Å². The first-order valence-corrected chi connectivity index (χ1v) is 9.26. The van der Waals surface area contributed by atoms with Gasteiger partial charge in [0, 0.05) is 42.8 Å². The molecule has 122 valence electrons. The third kappa shape index (κ3) is 3.23. The largest absolute Gasteiger partial charge is 0.354 e. The second-order valence-electron chi connectivity index (χ2n) is 6.51. The summed E-state index contributed by atoms with van der Waals surface area (Å²) < 4.78 is 0. The molecule has 6 heteroatoms. The van der Waals surface area contributed by atoms with Crippen LogP contribution in [-0.2, 0) is 19.4 Å². The molecule has 3 heterocycles. The van der Waals surface area contributed by atoms with Gasteiger partial charge in [0.2, 0.25) is 0 Å². The molecule has 0 radical (unpaired) electrons. The summed E-state index contributed by atoms with van der Waals surface area (Å²) >= 11 is 1.93. The Morgan fingerprint density at radius 3 is 2.61 bits per heavy atom. The Labute approximate surface area is 141 Å². The molecular formula is C17H23N5S. The van der Waals surface area contributed by atoms with E-state index in [0.29, 0.717) is 0 Å². The summed E-state index contributed by atoms with van der Waals surface area (Å²) in [6, 6.07) is 2.09. The summed E-state index contributed by atoms with van der Waals surface area (Å²) in [5, 5.41) is 1.30. The van der Waals surface area contributed by atoms with Gasteiger partial charge in [0.15, 0.2) is 0 Å². The topological polar surface area (TPSA) is 45.2 Å². The van der Waals surface area contributed by atoms with E-state index in [0.717, 1.165) is 50.1 Å². The van der Waals surface area contributed by atoms with Gasteiger partial charge in [0.1, 0.15) is 16.6 Å². The number of thiazole rings is 1.